The number of carbonyl (C=O) groups is 1. The van der Waals surface area contributed by atoms with Crippen LogP contribution < -0.4 is 0 Å². The zero-order valence-electron chi connectivity index (χ0n) is 17.0. The highest BCUT2D eigenvalue weighted by Gasteiger charge is 2.19. The number of hydrogen-bond donors (Lipinski definition) is 0. The summed E-state index contributed by atoms with van der Waals surface area (Å²) in [4.78, 5) is 13.1. The molecular weight excluding hydrogens is 464 g/mol. The van der Waals surface area contributed by atoms with Gasteiger partial charge in [0.1, 0.15) is 12.7 Å². The van der Waals surface area contributed by atoms with Crippen LogP contribution in [-0.4, -0.2) is 10.5 Å². The van der Waals surface area contributed by atoms with Crippen molar-refractivity contribution in [3.05, 3.63) is 112 Å². The first-order valence-electron chi connectivity index (χ1n) is 10.1. The molecule has 0 spiro atoms. The van der Waals surface area contributed by atoms with Crippen LogP contribution in [0.15, 0.2) is 95.5 Å². The lowest BCUT2D eigenvalue weighted by Crippen LogP contribution is -2.06. The first kappa shape index (κ1) is 20.0. The molecule has 0 fully saturated rings. The van der Waals surface area contributed by atoms with Crippen molar-refractivity contribution in [2.45, 2.75) is 6.61 Å². The smallest absolute Gasteiger partial charge is 0.339 e. The Balaban J connectivity index is 1.66. The Morgan fingerprint density at radius 2 is 1.66 bits per heavy atom. The number of halogens is 1. The van der Waals surface area contributed by atoms with E-state index in [0.717, 1.165) is 37.5 Å². The van der Waals surface area contributed by atoms with E-state index in [1.807, 2.05) is 78.9 Å². The molecule has 0 N–H and O–H groups in total. The predicted molar refractivity (Wildman–Crippen MR) is 129 cm³/mol. The van der Waals surface area contributed by atoms with E-state index in [4.69, 9.17) is 4.74 Å². The van der Waals surface area contributed by atoms with Crippen LogP contribution in [0, 0.1) is 11.3 Å². The largest absolute Gasteiger partial charge is 0.457 e. The van der Waals surface area contributed by atoms with E-state index in [9.17, 15) is 10.1 Å². The molecule has 5 rings (SSSR count). The van der Waals surface area contributed by atoms with Gasteiger partial charge < -0.3 is 9.30 Å². The van der Waals surface area contributed by atoms with Crippen molar-refractivity contribution in [2.24, 2.45) is 0 Å². The summed E-state index contributed by atoms with van der Waals surface area (Å²) in [5.41, 5.74) is 4.81. The van der Waals surface area contributed by atoms with Gasteiger partial charge >= 0.3 is 5.97 Å². The Labute approximate surface area is 193 Å². The number of ether oxygens (including phenoxy) is 1. The summed E-state index contributed by atoms with van der Waals surface area (Å²) in [7, 11) is 0. The maximum Gasteiger partial charge on any atom is 0.339 e. The average Bonchev–Trinajstić information content (AvgIpc) is 3.17. The van der Waals surface area contributed by atoms with E-state index in [-0.39, 0.29) is 12.6 Å². The molecule has 0 aliphatic carbocycles. The third-order valence-electron chi connectivity index (χ3n) is 5.46. The molecule has 5 heteroatoms. The Kier molecular flexibility index (Phi) is 5.22. The van der Waals surface area contributed by atoms with E-state index < -0.39 is 0 Å². The van der Waals surface area contributed by atoms with E-state index in [1.165, 1.54) is 0 Å². The summed E-state index contributed by atoms with van der Waals surface area (Å²) in [6.45, 7) is 0.220. The van der Waals surface area contributed by atoms with Gasteiger partial charge in [-0.25, -0.2) is 4.79 Å². The minimum atomic E-state index is -0.358. The first-order chi connectivity index (χ1) is 15.7. The lowest BCUT2D eigenvalue weighted by molar-refractivity contribution is 0.0475. The van der Waals surface area contributed by atoms with Crippen molar-refractivity contribution in [3.63, 3.8) is 0 Å². The summed E-state index contributed by atoms with van der Waals surface area (Å²) in [6, 6.07) is 31.1. The highest BCUT2D eigenvalue weighted by Crippen LogP contribution is 2.35. The van der Waals surface area contributed by atoms with Gasteiger partial charge in [0, 0.05) is 20.9 Å². The first-order valence-corrected chi connectivity index (χ1v) is 10.9. The molecule has 154 valence electrons. The standard InChI is InChI=1S/C27H17BrN2O2/c28-23-15-20(14-13-19(23)16-29)30-24-11-5-4-9-21(24)26-22(10-6-12-25(26)30)27(31)32-17-18-7-2-1-3-8-18/h1-15H,17H2. The number of para-hydroxylation sites is 1. The molecule has 0 atom stereocenters. The van der Waals surface area contributed by atoms with Gasteiger partial charge in [-0.3, -0.25) is 0 Å². The molecule has 0 saturated heterocycles. The maximum atomic E-state index is 13.1. The second-order valence-electron chi connectivity index (χ2n) is 7.39. The van der Waals surface area contributed by atoms with E-state index in [2.05, 4.69) is 26.6 Å². The molecule has 4 nitrogen and oxygen atoms in total. The molecule has 0 aliphatic rings. The molecular formula is C27H17BrN2O2. The number of fused-ring (bicyclic) bond motifs is 3. The van der Waals surface area contributed by atoms with Gasteiger partial charge in [-0.1, -0.05) is 54.6 Å². The fourth-order valence-electron chi connectivity index (χ4n) is 4.00. The number of carbonyl (C=O) groups excluding carboxylic acids is 1. The zero-order valence-corrected chi connectivity index (χ0v) is 18.5. The summed E-state index contributed by atoms with van der Waals surface area (Å²) in [5.74, 6) is -0.358. The van der Waals surface area contributed by atoms with Gasteiger partial charge in [0.2, 0.25) is 0 Å². The topological polar surface area (TPSA) is 55.0 Å². The fourth-order valence-corrected chi connectivity index (χ4v) is 4.46. The maximum absolute atomic E-state index is 13.1. The Hall–Kier alpha value is -3.88. The van der Waals surface area contributed by atoms with E-state index >= 15 is 0 Å². The van der Waals surface area contributed by atoms with Gasteiger partial charge in [0.15, 0.2) is 0 Å². The molecule has 1 aromatic heterocycles. The van der Waals surface area contributed by atoms with Crippen LogP contribution >= 0.6 is 15.9 Å². The van der Waals surface area contributed by atoms with Gasteiger partial charge in [-0.2, -0.15) is 5.26 Å². The fraction of sp³-hybridized carbons (Fsp3) is 0.0370. The minimum absolute atomic E-state index is 0.220. The molecule has 0 unspecified atom stereocenters. The molecule has 1 heterocycles. The third kappa shape index (κ3) is 3.45. The molecule has 0 amide bonds. The molecule has 0 aliphatic heterocycles. The lowest BCUT2D eigenvalue weighted by Gasteiger charge is -2.10. The minimum Gasteiger partial charge on any atom is -0.457 e. The quantitative estimate of drug-likeness (QED) is 0.266. The van der Waals surface area contributed by atoms with Crippen LogP contribution in [-0.2, 0) is 11.3 Å². The Morgan fingerprint density at radius 1 is 0.906 bits per heavy atom. The lowest BCUT2D eigenvalue weighted by atomic mass is 10.1. The number of nitriles is 1. The normalized spacial score (nSPS) is 10.9. The van der Waals surface area contributed by atoms with Crippen LogP contribution in [0.5, 0.6) is 0 Å². The molecule has 0 bridgehead atoms. The van der Waals surface area contributed by atoms with Crippen LogP contribution in [0.2, 0.25) is 0 Å². The van der Waals surface area contributed by atoms with Gasteiger partial charge in [-0.15, -0.1) is 0 Å². The monoisotopic (exact) mass is 480 g/mol. The van der Waals surface area contributed by atoms with Gasteiger partial charge in [0.05, 0.1) is 22.2 Å². The third-order valence-corrected chi connectivity index (χ3v) is 6.12. The van der Waals surface area contributed by atoms with Crippen LogP contribution in [0.25, 0.3) is 27.5 Å². The predicted octanol–water partition coefficient (Wildman–Crippen LogP) is 6.77. The Bertz CT molecular complexity index is 1510. The summed E-state index contributed by atoms with van der Waals surface area (Å²) >= 11 is 3.49. The van der Waals surface area contributed by atoms with Crippen LogP contribution in [0.1, 0.15) is 21.5 Å². The van der Waals surface area contributed by atoms with Crippen molar-refractivity contribution >= 4 is 43.7 Å². The number of esters is 1. The van der Waals surface area contributed by atoms with Crippen LogP contribution in [0.3, 0.4) is 0 Å². The molecule has 4 aromatic carbocycles. The van der Waals surface area contributed by atoms with E-state index in [1.54, 1.807) is 12.1 Å². The second-order valence-corrected chi connectivity index (χ2v) is 8.24. The second kappa shape index (κ2) is 8.33. The number of rotatable bonds is 4. The highest BCUT2D eigenvalue weighted by atomic mass is 79.9. The molecule has 0 saturated carbocycles. The van der Waals surface area contributed by atoms with Crippen LogP contribution in [0.4, 0.5) is 0 Å². The number of benzene rings is 4. The Morgan fingerprint density at radius 3 is 2.44 bits per heavy atom. The van der Waals surface area contributed by atoms with Gasteiger partial charge in [-0.05, 0) is 57.9 Å². The SMILES string of the molecule is N#Cc1ccc(-n2c3ccccc3c3c(C(=O)OCc4ccccc4)cccc32)cc1Br. The molecule has 5 aromatic rings. The van der Waals surface area contributed by atoms with Crippen molar-refractivity contribution in [2.75, 3.05) is 0 Å². The average molecular weight is 481 g/mol. The molecule has 32 heavy (non-hydrogen) atoms. The van der Waals surface area contributed by atoms with Crippen molar-refractivity contribution in [3.8, 4) is 11.8 Å². The van der Waals surface area contributed by atoms with Crippen molar-refractivity contribution in [1.82, 2.24) is 4.57 Å². The highest BCUT2D eigenvalue weighted by molar-refractivity contribution is 9.10. The summed E-state index contributed by atoms with van der Waals surface area (Å²) < 4.78 is 8.47. The number of aromatic nitrogens is 1. The zero-order chi connectivity index (χ0) is 22.1. The molecule has 0 radical (unpaired) electrons. The van der Waals surface area contributed by atoms with E-state index in [0.29, 0.717) is 11.1 Å². The summed E-state index contributed by atoms with van der Waals surface area (Å²) in [5, 5.41) is 11.1. The van der Waals surface area contributed by atoms with Crippen molar-refractivity contribution < 1.29 is 9.53 Å². The number of hydrogen-bond acceptors (Lipinski definition) is 3. The summed E-state index contributed by atoms with van der Waals surface area (Å²) in [6.07, 6.45) is 0. The van der Waals surface area contributed by atoms with Gasteiger partial charge in [0.25, 0.3) is 0 Å². The number of nitrogens with zero attached hydrogens (tertiary/aromatic N) is 2. The van der Waals surface area contributed by atoms with Crippen molar-refractivity contribution in [1.29, 1.82) is 5.26 Å².